The molecule has 8 nitrogen and oxygen atoms in total. The van der Waals surface area contributed by atoms with E-state index in [1.165, 1.54) is 21.3 Å². The number of ether oxygens (including phenoxy) is 5. The summed E-state index contributed by atoms with van der Waals surface area (Å²) in [6.07, 6.45) is -5.77. The van der Waals surface area contributed by atoms with E-state index in [-0.39, 0.29) is 6.61 Å². The molecule has 138 valence electrons. The third-order valence-electron chi connectivity index (χ3n) is 3.24. The molecule has 1 saturated heterocycles. The molecule has 1 aliphatic heterocycles. The van der Waals surface area contributed by atoms with Gasteiger partial charge in [0.05, 0.1) is 6.61 Å². The summed E-state index contributed by atoms with van der Waals surface area (Å²) < 4.78 is 89.6. The zero-order chi connectivity index (χ0) is 17.8. The average Bonchev–Trinajstić information content (AvgIpc) is 2.45. The third kappa shape index (κ3) is 4.53. The molecule has 0 N–H and O–H groups in total. The van der Waals surface area contributed by atoms with Crippen LogP contribution in [0.2, 0.25) is 0 Å². The Balaban J connectivity index is 3.09. The van der Waals surface area contributed by atoms with E-state index in [4.69, 9.17) is 23.7 Å². The fourth-order valence-electron chi connectivity index (χ4n) is 2.24. The molecule has 1 rings (SSSR count). The van der Waals surface area contributed by atoms with Crippen molar-refractivity contribution in [1.82, 2.24) is 0 Å². The van der Waals surface area contributed by atoms with E-state index in [0.29, 0.717) is 0 Å². The summed E-state index contributed by atoms with van der Waals surface area (Å²) in [6.45, 7) is -0.0826. The molecular weight excluding hydrogens is 349 g/mol. The highest BCUT2D eigenvalue weighted by molar-refractivity contribution is 7.87. The molecule has 5 atom stereocenters. The summed E-state index contributed by atoms with van der Waals surface area (Å²) >= 11 is 0. The zero-order valence-corrected chi connectivity index (χ0v) is 13.7. The quantitative estimate of drug-likeness (QED) is 0.467. The predicted molar refractivity (Wildman–Crippen MR) is 69.0 cm³/mol. The normalized spacial score (nSPS) is 32.9. The van der Waals surface area contributed by atoms with Gasteiger partial charge in [-0.25, -0.2) is 4.18 Å². The highest BCUT2D eigenvalue weighted by Gasteiger charge is 2.54. The van der Waals surface area contributed by atoms with Crippen molar-refractivity contribution in [2.24, 2.45) is 0 Å². The van der Waals surface area contributed by atoms with Gasteiger partial charge in [-0.15, -0.1) is 0 Å². The van der Waals surface area contributed by atoms with Crippen LogP contribution in [0.4, 0.5) is 13.2 Å². The molecule has 0 saturated carbocycles. The smallest absolute Gasteiger partial charge is 0.382 e. The average molecular weight is 368 g/mol. The summed E-state index contributed by atoms with van der Waals surface area (Å²) in [7, 11) is -0.781. The molecule has 0 aromatic rings. The number of hydrogen-bond acceptors (Lipinski definition) is 8. The van der Waals surface area contributed by atoms with Crippen molar-refractivity contribution in [3.63, 3.8) is 0 Å². The number of alkyl halides is 3. The van der Waals surface area contributed by atoms with Gasteiger partial charge in [-0.3, -0.25) is 0 Å². The number of methoxy groups -OCH3 is 4. The van der Waals surface area contributed by atoms with Crippen LogP contribution in [0.15, 0.2) is 0 Å². The maximum Gasteiger partial charge on any atom is 0.523 e. The maximum atomic E-state index is 12.5. The van der Waals surface area contributed by atoms with Gasteiger partial charge < -0.3 is 23.7 Å². The van der Waals surface area contributed by atoms with Crippen molar-refractivity contribution in [3.8, 4) is 0 Å². The van der Waals surface area contributed by atoms with Gasteiger partial charge in [0.25, 0.3) is 0 Å². The van der Waals surface area contributed by atoms with Gasteiger partial charge in [0, 0.05) is 28.4 Å². The lowest BCUT2D eigenvalue weighted by atomic mass is 9.98. The first-order valence-electron chi connectivity index (χ1n) is 6.35. The van der Waals surface area contributed by atoms with Gasteiger partial charge in [0.2, 0.25) is 6.29 Å². The van der Waals surface area contributed by atoms with E-state index >= 15 is 0 Å². The molecular formula is C11H19F3O8S. The van der Waals surface area contributed by atoms with Crippen molar-refractivity contribution in [2.75, 3.05) is 35.0 Å². The summed E-state index contributed by atoms with van der Waals surface area (Å²) in [5.74, 6) is 0. The van der Waals surface area contributed by atoms with Crippen LogP contribution in [0.25, 0.3) is 0 Å². The molecule has 1 heterocycles. The van der Waals surface area contributed by atoms with Crippen LogP contribution in [0, 0.1) is 0 Å². The van der Waals surface area contributed by atoms with Crippen LogP contribution in [-0.2, 0) is 38.0 Å². The molecule has 0 amide bonds. The Morgan fingerprint density at radius 1 is 0.957 bits per heavy atom. The van der Waals surface area contributed by atoms with Crippen molar-refractivity contribution in [1.29, 1.82) is 0 Å². The third-order valence-corrected chi connectivity index (χ3v) is 4.25. The van der Waals surface area contributed by atoms with Gasteiger partial charge in [-0.1, -0.05) is 0 Å². The standard InChI is InChI=1S/C11H19F3O8S/c1-17-5-6-7(18-2)8(19-3)9(20-4)10(21-6)22-23(15,16)11(12,13)14/h6-10H,5H2,1-4H3/t6-,7+,8+,9-,10-/m1/s1. The molecule has 12 heteroatoms. The maximum absolute atomic E-state index is 12.5. The summed E-state index contributed by atoms with van der Waals surface area (Å²) in [6, 6.07) is 0. The van der Waals surface area contributed by atoms with E-state index in [1.807, 2.05) is 0 Å². The minimum atomic E-state index is -5.88. The molecule has 23 heavy (non-hydrogen) atoms. The van der Waals surface area contributed by atoms with Crippen LogP contribution in [0.5, 0.6) is 0 Å². The van der Waals surface area contributed by atoms with E-state index in [1.54, 1.807) is 0 Å². The number of rotatable bonds is 7. The Labute approximate surface area is 131 Å². The molecule has 0 spiro atoms. The van der Waals surface area contributed by atoms with Crippen LogP contribution in [-0.4, -0.2) is 79.7 Å². The first-order valence-corrected chi connectivity index (χ1v) is 7.76. The topological polar surface area (TPSA) is 89.5 Å². The van der Waals surface area contributed by atoms with Crippen LogP contribution < -0.4 is 0 Å². The summed E-state index contributed by atoms with van der Waals surface area (Å²) in [5.41, 5.74) is -5.59. The molecule has 1 aliphatic rings. The number of halogens is 3. The molecule has 0 unspecified atom stereocenters. The molecule has 1 fully saturated rings. The van der Waals surface area contributed by atoms with Gasteiger partial charge in [-0.2, -0.15) is 21.6 Å². The fourth-order valence-corrected chi connectivity index (χ4v) is 2.75. The Morgan fingerprint density at radius 3 is 1.87 bits per heavy atom. The van der Waals surface area contributed by atoms with Gasteiger partial charge in [-0.05, 0) is 0 Å². The first kappa shape index (κ1) is 20.5. The second kappa shape index (κ2) is 8.05. The molecule has 0 aromatic heterocycles. The Bertz CT molecular complexity index is 468. The second-order valence-corrected chi connectivity index (χ2v) is 6.16. The molecule has 0 bridgehead atoms. The largest absolute Gasteiger partial charge is 0.523 e. The lowest BCUT2D eigenvalue weighted by molar-refractivity contribution is -0.293. The molecule has 0 aliphatic carbocycles. The Kier molecular flexibility index (Phi) is 7.19. The lowest BCUT2D eigenvalue weighted by Crippen LogP contribution is -2.61. The van der Waals surface area contributed by atoms with E-state index in [0.717, 1.165) is 7.11 Å². The highest BCUT2D eigenvalue weighted by atomic mass is 32.2. The molecule has 0 aromatic carbocycles. The monoisotopic (exact) mass is 368 g/mol. The first-order chi connectivity index (χ1) is 10.6. The van der Waals surface area contributed by atoms with E-state index < -0.39 is 46.3 Å². The van der Waals surface area contributed by atoms with Crippen LogP contribution in [0.1, 0.15) is 0 Å². The minimum Gasteiger partial charge on any atom is -0.382 e. The summed E-state index contributed by atoms with van der Waals surface area (Å²) in [5, 5.41) is 0. The van der Waals surface area contributed by atoms with Crippen molar-refractivity contribution in [3.05, 3.63) is 0 Å². The lowest BCUT2D eigenvalue weighted by Gasteiger charge is -2.43. The van der Waals surface area contributed by atoms with Crippen molar-refractivity contribution in [2.45, 2.75) is 36.2 Å². The van der Waals surface area contributed by atoms with Gasteiger partial charge in [0.1, 0.15) is 24.4 Å². The van der Waals surface area contributed by atoms with Crippen LogP contribution >= 0.6 is 0 Å². The second-order valence-electron chi connectivity index (χ2n) is 4.60. The van der Waals surface area contributed by atoms with E-state index in [2.05, 4.69) is 4.18 Å². The van der Waals surface area contributed by atoms with Crippen molar-refractivity contribution >= 4 is 10.1 Å². The predicted octanol–water partition coefficient (Wildman–Crippen LogP) is 0.269. The van der Waals surface area contributed by atoms with E-state index in [9.17, 15) is 21.6 Å². The fraction of sp³-hybridized carbons (Fsp3) is 1.00. The Morgan fingerprint density at radius 2 is 1.48 bits per heavy atom. The van der Waals surface area contributed by atoms with Crippen molar-refractivity contribution < 1.29 is 49.5 Å². The summed E-state index contributed by atoms with van der Waals surface area (Å²) in [4.78, 5) is 0. The van der Waals surface area contributed by atoms with Crippen LogP contribution in [0.3, 0.4) is 0 Å². The Hall–Kier alpha value is -0.500. The molecule has 0 radical (unpaired) electrons. The number of hydrogen-bond donors (Lipinski definition) is 0. The highest BCUT2D eigenvalue weighted by Crippen LogP contribution is 2.32. The zero-order valence-electron chi connectivity index (χ0n) is 12.9. The van der Waals surface area contributed by atoms with Gasteiger partial charge in [0.15, 0.2) is 0 Å². The minimum absolute atomic E-state index is 0.0826. The van der Waals surface area contributed by atoms with Gasteiger partial charge >= 0.3 is 15.6 Å². The SMILES string of the molecule is COC[C@H]1O[C@H](OS(=O)(=O)C(F)(F)F)[C@H](OC)[C@@H](OC)[C@H]1OC.